The van der Waals surface area contributed by atoms with E-state index in [0.29, 0.717) is 5.75 Å². The van der Waals surface area contributed by atoms with Gasteiger partial charge in [0.2, 0.25) is 0 Å². The van der Waals surface area contributed by atoms with Crippen LogP contribution in [-0.2, 0) is 16.0 Å². The lowest BCUT2D eigenvalue weighted by Crippen LogP contribution is -2.28. The van der Waals surface area contributed by atoms with Gasteiger partial charge in [-0.25, -0.2) is 4.79 Å². The number of carbonyl (C=O) groups is 1. The Balaban J connectivity index is 2.44. The molecule has 0 N–H and O–H groups in total. The summed E-state index contributed by atoms with van der Waals surface area (Å²) >= 11 is 0. The summed E-state index contributed by atoms with van der Waals surface area (Å²) in [4.78, 5) is 11.5. The third kappa shape index (κ3) is 4.62. The molecular weight excluding hydrogens is 228 g/mol. The Labute approximate surface area is 108 Å². The molecule has 18 heavy (non-hydrogen) atoms. The van der Waals surface area contributed by atoms with Crippen LogP contribution in [-0.4, -0.2) is 18.2 Å². The zero-order valence-electron chi connectivity index (χ0n) is 11.2. The molecule has 3 nitrogen and oxygen atoms in total. The molecule has 0 amide bonds. The lowest BCUT2D eigenvalue weighted by atomic mass is 10.1. The molecule has 0 saturated carbocycles. The van der Waals surface area contributed by atoms with E-state index in [0.717, 1.165) is 6.42 Å². The topological polar surface area (TPSA) is 35.5 Å². The highest BCUT2D eigenvalue weighted by atomic mass is 16.6. The molecule has 0 aliphatic heterocycles. The van der Waals surface area contributed by atoms with E-state index in [-0.39, 0.29) is 6.61 Å². The molecule has 3 heteroatoms. The molecule has 0 unspecified atom stereocenters. The van der Waals surface area contributed by atoms with Gasteiger partial charge in [0.25, 0.3) is 0 Å². The van der Waals surface area contributed by atoms with Crippen molar-refractivity contribution in [1.29, 1.82) is 0 Å². The Kier molecular flexibility index (Phi) is 4.95. The van der Waals surface area contributed by atoms with Crippen molar-refractivity contribution in [2.24, 2.45) is 0 Å². The Morgan fingerprint density at radius 1 is 1.33 bits per heavy atom. The minimum Gasteiger partial charge on any atom is -0.482 e. The van der Waals surface area contributed by atoms with Crippen molar-refractivity contribution < 1.29 is 14.3 Å². The summed E-state index contributed by atoms with van der Waals surface area (Å²) in [5.41, 5.74) is 0.574. The molecule has 0 saturated heterocycles. The van der Waals surface area contributed by atoms with Crippen LogP contribution in [0.3, 0.4) is 0 Å². The van der Waals surface area contributed by atoms with Gasteiger partial charge in [-0.05, 0) is 44.0 Å². The van der Waals surface area contributed by atoms with Gasteiger partial charge in [-0.1, -0.05) is 25.6 Å². The first-order valence-corrected chi connectivity index (χ1v) is 6.04. The first-order chi connectivity index (χ1) is 8.46. The number of esters is 1. The van der Waals surface area contributed by atoms with Crippen LogP contribution in [0, 0.1) is 0 Å². The maximum absolute atomic E-state index is 11.5. The van der Waals surface area contributed by atoms with Gasteiger partial charge in [-0.15, -0.1) is 0 Å². The highest BCUT2D eigenvalue weighted by Crippen LogP contribution is 2.14. The monoisotopic (exact) mass is 248 g/mol. The molecule has 0 aliphatic rings. The van der Waals surface area contributed by atoms with Crippen molar-refractivity contribution in [3.8, 4) is 5.75 Å². The molecule has 0 heterocycles. The average molecular weight is 248 g/mol. The highest BCUT2D eigenvalue weighted by molar-refractivity contribution is 5.71. The third-order valence-electron chi connectivity index (χ3n) is 2.56. The fourth-order valence-electron chi connectivity index (χ4n) is 1.33. The summed E-state index contributed by atoms with van der Waals surface area (Å²) in [5, 5.41) is 0. The number of benzene rings is 1. The van der Waals surface area contributed by atoms with Crippen LogP contribution in [0.15, 0.2) is 36.9 Å². The van der Waals surface area contributed by atoms with E-state index in [1.807, 2.05) is 24.3 Å². The zero-order chi connectivity index (χ0) is 13.6. The predicted octanol–water partition coefficient (Wildman–Crippen LogP) is 3.14. The number of hydrogen-bond donors (Lipinski definition) is 0. The van der Waals surface area contributed by atoms with Crippen molar-refractivity contribution in [3.63, 3.8) is 0 Å². The molecular formula is C15H20O3. The van der Waals surface area contributed by atoms with Crippen molar-refractivity contribution >= 4 is 5.97 Å². The summed E-state index contributed by atoms with van der Waals surface area (Å²) in [6, 6.07) is 7.66. The van der Waals surface area contributed by atoms with Crippen LogP contribution < -0.4 is 4.74 Å². The van der Waals surface area contributed by atoms with E-state index in [1.165, 1.54) is 5.56 Å². The third-order valence-corrected chi connectivity index (χ3v) is 2.56. The van der Waals surface area contributed by atoms with Gasteiger partial charge in [-0.2, -0.15) is 0 Å². The molecule has 0 aromatic heterocycles. The van der Waals surface area contributed by atoms with Crippen LogP contribution in [0.5, 0.6) is 5.75 Å². The van der Waals surface area contributed by atoms with E-state index in [4.69, 9.17) is 9.47 Å². The lowest BCUT2D eigenvalue weighted by Gasteiger charge is -2.20. The van der Waals surface area contributed by atoms with Crippen molar-refractivity contribution in [3.05, 3.63) is 42.5 Å². The van der Waals surface area contributed by atoms with Gasteiger partial charge < -0.3 is 9.47 Å². The largest absolute Gasteiger partial charge is 0.482 e. The molecule has 98 valence electrons. The van der Waals surface area contributed by atoms with E-state index >= 15 is 0 Å². The van der Waals surface area contributed by atoms with Crippen molar-refractivity contribution in [2.75, 3.05) is 6.61 Å². The Hall–Kier alpha value is -1.77. The maximum atomic E-state index is 11.5. The summed E-state index contributed by atoms with van der Waals surface area (Å²) < 4.78 is 10.5. The maximum Gasteiger partial charge on any atom is 0.345 e. The molecule has 0 atom stereocenters. The molecule has 0 radical (unpaired) electrons. The summed E-state index contributed by atoms with van der Waals surface area (Å²) in [6.07, 6.45) is 2.57. The normalized spacial score (nSPS) is 10.8. The molecule has 0 aliphatic carbocycles. The van der Waals surface area contributed by atoms with Gasteiger partial charge in [0.15, 0.2) is 6.61 Å². The smallest absolute Gasteiger partial charge is 0.345 e. The standard InChI is InChI=1S/C15H20O3/c1-5-12-7-9-13(10-8-12)17-11-14(16)18-15(3,4)6-2/h6-10H,2,5,11H2,1,3-4H3. The summed E-state index contributed by atoms with van der Waals surface area (Å²) in [7, 11) is 0. The number of hydrogen-bond acceptors (Lipinski definition) is 3. The van der Waals surface area contributed by atoms with Gasteiger partial charge in [0.1, 0.15) is 11.4 Å². The number of ether oxygens (including phenoxy) is 2. The minimum atomic E-state index is -0.660. The van der Waals surface area contributed by atoms with Crippen molar-refractivity contribution in [1.82, 2.24) is 0 Å². The molecule has 1 aromatic carbocycles. The van der Waals surface area contributed by atoms with E-state index < -0.39 is 11.6 Å². The predicted molar refractivity (Wildman–Crippen MR) is 71.7 cm³/mol. The molecule has 0 fully saturated rings. The first-order valence-electron chi connectivity index (χ1n) is 6.04. The first kappa shape index (κ1) is 14.3. The lowest BCUT2D eigenvalue weighted by molar-refractivity contribution is -0.154. The van der Waals surface area contributed by atoms with E-state index in [1.54, 1.807) is 19.9 Å². The Bertz CT molecular complexity index is 404. The van der Waals surface area contributed by atoms with Gasteiger partial charge in [0.05, 0.1) is 0 Å². The van der Waals surface area contributed by atoms with Crippen LogP contribution in [0.4, 0.5) is 0 Å². The summed E-state index contributed by atoms with van der Waals surface area (Å²) in [6.45, 7) is 9.14. The Morgan fingerprint density at radius 2 is 1.94 bits per heavy atom. The number of rotatable bonds is 6. The average Bonchev–Trinajstić information content (AvgIpc) is 2.36. The molecule has 1 aromatic rings. The number of carbonyl (C=O) groups excluding carboxylic acids is 1. The summed E-state index contributed by atoms with van der Waals surface area (Å²) in [5.74, 6) is 0.264. The van der Waals surface area contributed by atoms with Crippen LogP contribution in [0.1, 0.15) is 26.3 Å². The van der Waals surface area contributed by atoms with Crippen LogP contribution in [0.2, 0.25) is 0 Å². The van der Waals surface area contributed by atoms with E-state index in [9.17, 15) is 4.79 Å². The quantitative estimate of drug-likeness (QED) is 0.573. The fourth-order valence-corrected chi connectivity index (χ4v) is 1.33. The minimum absolute atomic E-state index is 0.0945. The second-order valence-corrected chi connectivity index (χ2v) is 4.57. The fraction of sp³-hybridized carbons (Fsp3) is 0.400. The van der Waals surface area contributed by atoms with Gasteiger partial charge in [-0.3, -0.25) is 0 Å². The number of aryl methyl sites for hydroxylation is 1. The zero-order valence-corrected chi connectivity index (χ0v) is 11.2. The van der Waals surface area contributed by atoms with Gasteiger partial charge >= 0.3 is 5.97 Å². The second-order valence-electron chi connectivity index (χ2n) is 4.57. The van der Waals surface area contributed by atoms with Crippen molar-refractivity contribution in [2.45, 2.75) is 32.8 Å². The van der Waals surface area contributed by atoms with Crippen LogP contribution in [0.25, 0.3) is 0 Å². The molecule has 1 rings (SSSR count). The Morgan fingerprint density at radius 3 is 2.44 bits per heavy atom. The molecule has 0 spiro atoms. The SMILES string of the molecule is C=CC(C)(C)OC(=O)COc1ccc(CC)cc1. The highest BCUT2D eigenvalue weighted by Gasteiger charge is 2.18. The van der Waals surface area contributed by atoms with E-state index in [2.05, 4.69) is 13.5 Å². The second kappa shape index (κ2) is 6.24. The molecule has 0 bridgehead atoms. The van der Waals surface area contributed by atoms with Gasteiger partial charge in [0, 0.05) is 0 Å². The van der Waals surface area contributed by atoms with Crippen LogP contribution >= 0.6 is 0 Å².